The van der Waals surface area contributed by atoms with Gasteiger partial charge in [0.1, 0.15) is 11.9 Å². The van der Waals surface area contributed by atoms with Crippen molar-refractivity contribution in [3.63, 3.8) is 0 Å². The number of carboxylic acid groups (broad SMARTS) is 1. The van der Waals surface area contributed by atoms with Crippen molar-refractivity contribution < 1.29 is 14.3 Å². The highest BCUT2D eigenvalue weighted by molar-refractivity contribution is 5.73. The molecule has 0 bridgehead atoms. The average molecular weight is 253 g/mol. The van der Waals surface area contributed by atoms with Gasteiger partial charge in [-0.25, -0.2) is 4.39 Å². The van der Waals surface area contributed by atoms with E-state index in [0.717, 1.165) is 5.56 Å². The van der Waals surface area contributed by atoms with Gasteiger partial charge >= 0.3 is 5.97 Å². The van der Waals surface area contributed by atoms with Crippen LogP contribution in [0.1, 0.15) is 31.4 Å². The van der Waals surface area contributed by atoms with E-state index in [1.807, 2.05) is 13.8 Å². The van der Waals surface area contributed by atoms with Gasteiger partial charge in [0.15, 0.2) is 0 Å². The van der Waals surface area contributed by atoms with Gasteiger partial charge in [0.25, 0.3) is 0 Å². The molecular formula is C14H20FNO2. The van der Waals surface area contributed by atoms with Crippen molar-refractivity contribution in [3.05, 3.63) is 35.1 Å². The second-order valence-corrected chi connectivity index (χ2v) is 4.98. The summed E-state index contributed by atoms with van der Waals surface area (Å²) in [6.45, 7) is 6.10. The molecule has 18 heavy (non-hydrogen) atoms. The Morgan fingerprint density at radius 1 is 1.44 bits per heavy atom. The summed E-state index contributed by atoms with van der Waals surface area (Å²) < 4.78 is 13.1. The van der Waals surface area contributed by atoms with Crippen LogP contribution in [0.15, 0.2) is 18.2 Å². The molecule has 0 saturated heterocycles. The molecule has 3 nitrogen and oxygen atoms in total. The zero-order valence-electron chi connectivity index (χ0n) is 11.0. The summed E-state index contributed by atoms with van der Waals surface area (Å²) in [7, 11) is 0. The molecule has 0 amide bonds. The Morgan fingerprint density at radius 2 is 2.11 bits per heavy atom. The first-order valence-electron chi connectivity index (χ1n) is 6.11. The maximum Gasteiger partial charge on any atom is 0.320 e. The lowest BCUT2D eigenvalue weighted by Gasteiger charge is -2.16. The first kappa shape index (κ1) is 14.6. The highest BCUT2D eigenvalue weighted by atomic mass is 19.1. The summed E-state index contributed by atoms with van der Waals surface area (Å²) in [6.07, 6.45) is 0.579. The van der Waals surface area contributed by atoms with Crippen molar-refractivity contribution in [1.29, 1.82) is 0 Å². The van der Waals surface area contributed by atoms with Gasteiger partial charge in [-0.1, -0.05) is 26.0 Å². The summed E-state index contributed by atoms with van der Waals surface area (Å²) in [6, 6.07) is 4.25. The highest BCUT2D eigenvalue weighted by Crippen LogP contribution is 2.10. The van der Waals surface area contributed by atoms with E-state index < -0.39 is 12.0 Å². The van der Waals surface area contributed by atoms with E-state index in [-0.39, 0.29) is 5.82 Å². The third-order valence-electron chi connectivity index (χ3n) is 2.78. The number of carboxylic acids is 1. The van der Waals surface area contributed by atoms with Crippen molar-refractivity contribution >= 4 is 5.97 Å². The smallest absolute Gasteiger partial charge is 0.320 e. The standard InChI is InChI=1S/C14H20FNO2/c1-9(2)6-13(14(17)18)16-8-11-4-5-12(15)10(3)7-11/h4-5,7,9,13,16H,6,8H2,1-3H3,(H,17,18). The average Bonchev–Trinajstić information content (AvgIpc) is 2.28. The predicted molar refractivity (Wildman–Crippen MR) is 68.9 cm³/mol. The first-order valence-corrected chi connectivity index (χ1v) is 6.11. The number of benzene rings is 1. The minimum Gasteiger partial charge on any atom is -0.480 e. The van der Waals surface area contributed by atoms with Crippen LogP contribution < -0.4 is 5.32 Å². The van der Waals surface area contributed by atoms with Gasteiger partial charge in [-0.05, 0) is 36.5 Å². The number of rotatable bonds is 6. The van der Waals surface area contributed by atoms with Crippen molar-refractivity contribution in [2.75, 3.05) is 0 Å². The number of hydrogen-bond acceptors (Lipinski definition) is 2. The molecule has 0 aliphatic heterocycles. The maximum absolute atomic E-state index is 13.1. The Labute approximate surface area is 107 Å². The van der Waals surface area contributed by atoms with Crippen LogP contribution in [0, 0.1) is 18.7 Å². The molecule has 0 aliphatic rings. The van der Waals surface area contributed by atoms with E-state index >= 15 is 0 Å². The van der Waals surface area contributed by atoms with Gasteiger partial charge in [0.2, 0.25) is 0 Å². The Balaban J connectivity index is 2.61. The lowest BCUT2D eigenvalue weighted by atomic mass is 10.0. The summed E-state index contributed by atoms with van der Waals surface area (Å²) in [5.41, 5.74) is 1.47. The first-order chi connectivity index (χ1) is 8.40. The van der Waals surface area contributed by atoms with E-state index in [4.69, 9.17) is 5.11 Å². The van der Waals surface area contributed by atoms with Crippen LogP contribution in [0.5, 0.6) is 0 Å². The quantitative estimate of drug-likeness (QED) is 0.819. The van der Waals surface area contributed by atoms with E-state index in [1.165, 1.54) is 6.07 Å². The Kier molecular flexibility index (Phi) is 5.28. The summed E-state index contributed by atoms with van der Waals surface area (Å²) in [5.74, 6) is -0.771. The molecule has 0 saturated carbocycles. The zero-order chi connectivity index (χ0) is 13.7. The molecule has 1 aromatic rings. The Bertz CT molecular complexity index is 418. The third-order valence-corrected chi connectivity index (χ3v) is 2.78. The molecule has 0 spiro atoms. The minimum absolute atomic E-state index is 0.240. The molecule has 0 aliphatic carbocycles. The van der Waals surface area contributed by atoms with Crippen LogP contribution >= 0.6 is 0 Å². The van der Waals surface area contributed by atoms with Crippen molar-refractivity contribution in [1.82, 2.24) is 5.32 Å². The van der Waals surface area contributed by atoms with Gasteiger partial charge in [-0.2, -0.15) is 0 Å². The molecule has 2 N–H and O–H groups in total. The predicted octanol–water partition coefficient (Wildman–Crippen LogP) is 2.72. The fourth-order valence-electron chi connectivity index (χ4n) is 1.80. The van der Waals surface area contributed by atoms with Gasteiger partial charge in [-0.3, -0.25) is 4.79 Å². The molecule has 1 rings (SSSR count). The SMILES string of the molecule is Cc1cc(CNC(CC(C)C)C(=O)O)ccc1F. The lowest BCUT2D eigenvalue weighted by molar-refractivity contribution is -0.140. The van der Waals surface area contributed by atoms with Gasteiger partial charge in [0, 0.05) is 6.54 Å². The highest BCUT2D eigenvalue weighted by Gasteiger charge is 2.17. The number of nitrogens with one attached hydrogen (secondary N) is 1. The van der Waals surface area contributed by atoms with Crippen LogP contribution in [0.25, 0.3) is 0 Å². The Morgan fingerprint density at radius 3 is 2.61 bits per heavy atom. The van der Waals surface area contributed by atoms with E-state index in [9.17, 15) is 9.18 Å². The fraction of sp³-hybridized carbons (Fsp3) is 0.500. The summed E-state index contributed by atoms with van der Waals surface area (Å²) >= 11 is 0. The molecule has 1 unspecified atom stereocenters. The maximum atomic E-state index is 13.1. The second kappa shape index (κ2) is 6.50. The number of hydrogen-bond donors (Lipinski definition) is 2. The summed E-state index contributed by atoms with van der Waals surface area (Å²) in [5, 5.41) is 12.1. The van der Waals surface area contributed by atoms with Crippen molar-refractivity contribution in [2.45, 2.75) is 39.8 Å². The Hall–Kier alpha value is -1.42. The van der Waals surface area contributed by atoms with E-state index in [0.29, 0.717) is 24.4 Å². The molecule has 100 valence electrons. The van der Waals surface area contributed by atoms with Crippen LogP contribution in [0.3, 0.4) is 0 Å². The van der Waals surface area contributed by atoms with Crippen LogP contribution in [-0.4, -0.2) is 17.1 Å². The van der Waals surface area contributed by atoms with Gasteiger partial charge < -0.3 is 10.4 Å². The molecule has 0 radical (unpaired) electrons. The molecule has 4 heteroatoms. The van der Waals surface area contributed by atoms with Gasteiger partial charge in [-0.15, -0.1) is 0 Å². The molecule has 0 aromatic heterocycles. The summed E-state index contributed by atoms with van der Waals surface area (Å²) in [4.78, 5) is 11.1. The second-order valence-electron chi connectivity index (χ2n) is 4.98. The molecule has 0 fully saturated rings. The number of carbonyl (C=O) groups is 1. The third kappa shape index (κ3) is 4.45. The molecular weight excluding hydrogens is 233 g/mol. The van der Waals surface area contributed by atoms with Crippen LogP contribution in [0.4, 0.5) is 4.39 Å². The van der Waals surface area contributed by atoms with Crippen LogP contribution in [0.2, 0.25) is 0 Å². The van der Waals surface area contributed by atoms with E-state index in [2.05, 4.69) is 5.32 Å². The van der Waals surface area contributed by atoms with Gasteiger partial charge in [0.05, 0.1) is 0 Å². The number of aryl methyl sites for hydroxylation is 1. The molecule has 1 aromatic carbocycles. The monoisotopic (exact) mass is 253 g/mol. The number of halogens is 1. The van der Waals surface area contributed by atoms with Crippen LogP contribution in [-0.2, 0) is 11.3 Å². The zero-order valence-corrected chi connectivity index (χ0v) is 11.0. The normalized spacial score (nSPS) is 12.7. The fourth-order valence-corrected chi connectivity index (χ4v) is 1.80. The molecule has 0 heterocycles. The van der Waals surface area contributed by atoms with E-state index in [1.54, 1.807) is 19.1 Å². The lowest BCUT2D eigenvalue weighted by Crippen LogP contribution is -2.37. The topological polar surface area (TPSA) is 49.3 Å². The number of aliphatic carboxylic acids is 1. The minimum atomic E-state index is -0.845. The largest absolute Gasteiger partial charge is 0.480 e. The van der Waals surface area contributed by atoms with Crippen molar-refractivity contribution in [3.8, 4) is 0 Å². The van der Waals surface area contributed by atoms with Crippen molar-refractivity contribution in [2.24, 2.45) is 5.92 Å². The molecule has 1 atom stereocenters.